The van der Waals surface area contributed by atoms with Gasteiger partial charge in [0.1, 0.15) is 18.5 Å². The van der Waals surface area contributed by atoms with E-state index in [1.54, 1.807) is 18.7 Å². The molecule has 0 aromatic carbocycles. The van der Waals surface area contributed by atoms with E-state index in [4.69, 9.17) is 0 Å². The third-order valence-corrected chi connectivity index (χ3v) is 2.37. The molecule has 0 unspecified atom stereocenters. The molecule has 2 aromatic rings. The summed E-state index contributed by atoms with van der Waals surface area (Å²) in [6.07, 6.45) is 7.44. The number of aromatic nitrogens is 4. The van der Waals surface area contributed by atoms with Crippen molar-refractivity contribution in [3.05, 3.63) is 30.6 Å². The van der Waals surface area contributed by atoms with Gasteiger partial charge in [-0.05, 0) is 6.42 Å². The molecular weight excluding hydrogens is 202 g/mol. The second-order valence-corrected chi connectivity index (χ2v) is 3.28. The first-order valence-corrected chi connectivity index (χ1v) is 5.13. The van der Waals surface area contributed by atoms with E-state index >= 15 is 0 Å². The quantitative estimate of drug-likeness (QED) is 0.841. The maximum Gasteiger partial charge on any atom is 0.132 e. The molecule has 5 heteroatoms. The van der Waals surface area contributed by atoms with Crippen LogP contribution in [0.15, 0.2) is 25.0 Å². The van der Waals surface area contributed by atoms with Crippen molar-refractivity contribution < 1.29 is 0 Å². The first-order chi connectivity index (χ1) is 7.86. The fourth-order valence-corrected chi connectivity index (χ4v) is 1.63. The Labute approximate surface area is 94.0 Å². The summed E-state index contributed by atoms with van der Waals surface area (Å²) >= 11 is 0. The molecule has 0 spiro atoms. The van der Waals surface area contributed by atoms with Crippen LogP contribution in [0, 0.1) is 0 Å². The van der Waals surface area contributed by atoms with Crippen LogP contribution in [0.4, 0.5) is 5.82 Å². The van der Waals surface area contributed by atoms with Gasteiger partial charge in [-0.3, -0.25) is 0 Å². The van der Waals surface area contributed by atoms with Gasteiger partial charge in [0.25, 0.3) is 0 Å². The van der Waals surface area contributed by atoms with Crippen LogP contribution in [-0.2, 0) is 6.42 Å². The third-order valence-electron chi connectivity index (χ3n) is 2.37. The van der Waals surface area contributed by atoms with E-state index < -0.39 is 0 Å². The van der Waals surface area contributed by atoms with Crippen LogP contribution in [0.2, 0.25) is 0 Å². The second kappa shape index (κ2) is 4.65. The molecule has 2 heterocycles. The van der Waals surface area contributed by atoms with Crippen molar-refractivity contribution in [1.29, 1.82) is 0 Å². The van der Waals surface area contributed by atoms with Crippen LogP contribution < -0.4 is 5.32 Å². The predicted molar refractivity (Wildman–Crippen MR) is 62.0 cm³/mol. The molecule has 2 rings (SSSR count). The maximum absolute atomic E-state index is 4.30. The molecule has 0 saturated heterocycles. The largest absolute Gasteiger partial charge is 0.373 e. The summed E-state index contributed by atoms with van der Waals surface area (Å²) in [7, 11) is 1.85. The highest BCUT2D eigenvalue weighted by Crippen LogP contribution is 2.24. The number of rotatable bonds is 3. The Hall–Kier alpha value is -2.04. The number of hydrogen-bond acceptors (Lipinski definition) is 5. The van der Waals surface area contributed by atoms with Gasteiger partial charge in [0.05, 0.1) is 5.69 Å². The molecule has 0 aliphatic carbocycles. The van der Waals surface area contributed by atoms with Crippen LogP contribution in [0.25, 0.3) is 11.3 Å². The summed E-state index contributed by atoms with van der Waals surface area (Å²) in [5, 5.41) is 3.06. The van der Waals surface area contributed by atoms with Crippen molar-refractivity contribution >= 4 is 5.82 Å². The summed E-state index contributed by atoms with van der Waals surface area (Å²) in [5.74, 6) is 0.858. The number of hydrogen-bond donors (Lipinski definition) is 1. The monoisotopic (exact) mass is 215 g/mol. The van der Waals surface area contributed by atoms with Crippen molar-refractivity contribution in [2.75, 3.05) is 12.4 Å². The summed E-state index contributed by atoms with van der Waals surface area (Å²) in [5.41, 5.74) is 2.89. The van der Waals surface area contributed by atoms with Gasteiger partial charge in [-0.2, -0.15) is 0 Å². The SMILES string of the molecule is CCc1c(NC)ncnc1-c1cncnc1. The Kier molecular flexibility index (Phi) is 3.05. The van der Waals surface area contributed by atoms with Crippen LogP contribution in [0.3, 0.4) is 0 Å². The normalized spacial score (nSPS) is 10.1. The molecule has 16 heavy (non-hydrogen) atoms. The first kappa shape index (κ1) is 10.5. The Bertz CT molecular complexity index is 469. The van der Waals surface area contributed by atoms with Crippen LogP contribution in [-0.4, -0.2) is 27.0 Å². The zero-order chi connectivity index (χ0) is 11.4. The number of anilines is 1. The molecule has 5 nitrogen and oxygen atoms in total. The first-order valence-electron chi connectivity index (χ1n) is 5.13. The lowest BCUT2D eigenvalue weighted by Crippen LogP contribution is -2.02. The van der Waals surface area contributed by atoms with Crippen molar-refractivity contribution in [3.8, 4) is 11.3 Å². The van der Waals surface area contributed by atoms with E-state index in [2.05, 4.69) is 32.2 Å². The lowest BCUT2D eigenvalue weighted by Gasteiger charge is -2.10. The van der Waals surface area contributed by atoms with Gasteiger partial charge in [0.15, 0.2) is 0 Å². The highest BCUT2D eigenvalue weighted by atomic mass is 15.0. The molecule has 0 fully saturated rings. The second-order valence-electron chi connectivity index (χ2n) is 3.28. The molecule has 0 aliphatic rings. The van der Waals surface area contributed by atoms with E-state index in [-0.39, 0.29) is 0 Å². The minimum Gasteiger partial charge on any atom is -0.373 e. The zero-order valence-corrected chi connectivity index (χ0v) is 9.31. The maximum atomic E-state index is 4.30. The van der Waals surface area contributed by atoms with Gasteiger partial charge in [0, 0.05) is 30.6 Å². The molecule has 2 aromatic heterocycles. The molecule has 0 radical (unpaired) electrons. The average molecular weight is 215 g/mol. The van der Waals surface area contributed by atoms with E-state index in [0.29, 0.717) is 0 Å². The van der Waals surface area contributed by atoms with Crippen molar-refractivity contribution in [2.45, 2.75) is 13.3 Å². The minimum absolute atomic E-state index is 0.858. The highest BCUT2D eigenvalue weighted by Gasteiger charge is 2.10. The Morgan fingerprint density at radius 1 is 1.12 bits per heavy atom. The fraction of sp³-hybridized carbons (Fsp3) is 0.273. The van der Waals surface area contributed by atoms with Gasteiger partial charge in [-0.25, -0.2) is 19.9 Å². The summed E-state index contributed by atoms with van der Waals surface area (Å²) in [6.45, 7) is 2.08. The van der Waals surface area contributed by atoms with Crippen molar-refractivity contribution in [1.82, 2.24) is 19.9 Å². The standard InChI is InChI=1S/C11H13N5/c1-3-9-10(8-4-13-6-14-5-8)15-7-16-11(9)12-2/h4-7H,3H2,1-2H3,(H,12,15,16). The molecule has 0 bridgehead atoms. The Balaban J connectivity index is 2.57. The fourth-order valence-electron chi connectivity index (χ4n) is 1.63. The lowest BCUT2D eigenvalue weighted by molar-refractivity contribution is 1.04. The molecule has 0 aliphatic heterocycles. The van der Waals surface area contributed by atoms with Crippen LogP contribution in [0.5, 0.6) is 0 Å². The van der Waals surface area contributed by atoms with Crippen molar-refractivity contribution in [2.24, 2.45) is 0 Å². The number of nitrogens with one attached hydrogen (secondary N) is 1. The average Bonchev–Trinajstić information content (AvgIpc) is 2.38. The Morgan fingerprint density at radius 3 is 2.50 bits per heavy atom. The van der Waals surface area contributed by atoms with Gasteiger partial charge < -0.3 is 5.32 Å². The third kappa shape index (κ3) is 1.84. The zero-order valence-electron chi connectivity index (χ0n) is 9.31. The molecule has 0 saturated carbocycles. The molecule has 82 valence electrons. The van der Waals surface area contributed by atoms with Crippen LogP contribution in [0.1, 0.15) is 12.5 Å². The predicted octanol–water partition coefficient (Wildman–Crippen LogP) is 1.54. The van der Waals surface area contributed by atoms with Gasteiger partial charge >= 0.3 is 0 Å². The van der Waals surface area contributed by atoms with Crippen LogP contribution >= 0.6 is 0 Å². The van der Waals surface area contributed by atoms with Gasteiger partial charge in [-0.15, -0.1) is 0 Å². The number of nitrogens with zero attached hydrogens (tertiary/aromatic N) is 4. The Morgan fingerprint density at radius 2 is 1.88 bits per heavy atom. The van der Waals surface area contributed by atoms with E-state index in [9.17, 15) is 0 Å². The molecular formula is C11H13N5. The van der Waals surface area contributed by atoms with E-state index in [1.807, 2.05) is 7.05 Å². The lowest BCUT2D eigenvalue weighted by atomic mass is 10.1. The summed E-state index contributed by atoms with van der Waals surface area (Å²) < 4.78 is 0. The summed E-state index contributed by atoms with van der Waals surface area (Å²) in [4.78, 5) is 16.5. The van der Waals surface area contributed by atoms with E-state index in [0.717, 1.165) is 29.1 Å². The van der Waals surface area contributed by atoms with E-state index in [1.165, 1.54) is 6.33 Å². The smallest absolute Gasteiger partial charge is 0.132 e. The molecule has 1 N–H and O–H groups in total. The highest BCUT2D eigenvalue weighted by molar-refractivity contribution is 5.66. The van der Waals surface area contributed by atoms with Gasteiger partial charge in [-0.1, -0.05) is 6.92 Å². The van der Waals surface area contributed by atoms with Crippen molar-refractivity contribution in [3.63, 3.8) is 0 Å². The van der Waals surface area contributed by atoms with Gasteiger partial charge in [0.2, 0.25) is 0 Å². The molecule has 0 atom stereocenters. The molecule has 0 amide bonds. The summed E-state index contributed by atoms with van der Waals surface area (Å²) in [6, 6.07) is 0. The minimum atomic E-state index is 0.858. The topological polar surface area (TPSA) is 63.6 Å².